The number of H-pyrrole nitrogens is 1. The van der Waals surface area contributed by atoms with Crippen molar-refractivity contribution >= 4 is 28.4 Å². The zero-order valence-corrected chi connectivity index (χ0v) is 14.3. The highest BCUT2D eigenvalue weighted by molar-refractivity contribution is 6.02. The lowest BCUT2D eigenvalue weighted by molar-refractivity contribution is -0.141. The molecule has 132 valence electrons. The van der Waals surface area contributed by atoms with Crippen LogP contribution in [-0.2, 0) is 9.59 Å². The molecule has 6 heteroatoms. The molecule has 0 bridgehead atoms. The van der Waals surface area contributed by atoms with Crippen molar-refractivity contribution in [1.29, 1.82) is 0 Å². The quantitative estimate of drug-likeness (QED) is 0.902. The second-order valence-electron chi connectivity index (χ2n) is 7.16. The number of amides is 2. The maximum atomic E-state index is 12.9. The van der Waals surface area contributed by atoms with Crippen molar-refractivity contribution < 1.29 is 9.59 Å². The summed E-state index contributed by atoms with van der Waals surface area (Å²) in [6.07, 6.45) is 7.55. The number of nitrogens with zero attached hydrogens (tertiary/aromatic N) is 2. The number of anilines is 1. The van der Waals surface area contributed by atoms with Crippen LogP contribution in [0.4, 0.5) is 5.69 Å². The minimum atomic E-state index is -0.236. The average molecular weight is 340 g/mol. The lowest BCUT2D eigenvalue weighted by Gasteiger charge is -2.32. The first-order valence-corrected chi connectivity index (χ1v) is 9.26. The highest BCUT2D eigenvalue weighted by atomic mass is 16.2. The molecular formula is C19H24N4O2. The van der Waals surface area contributed by atoms with Gasteiger partial charge in [-0.3, -0.25) is 14.7 Å². The molecule has 1 aromatic heterocycles. The molecule has 6 nitrogen and oxygen atoms in total. The van der Waals surface area contributed by atoms with Crippen LogP contribution >= 0.6 is 0 Å². The molecule has 2 amide bonds. The zero-order chi connectivity index (χ0) is 17.2. The van der Waals surface area contributed by atoms with E-state index in [2.05, 4.69) is 15.5 Å². The third-order valence-corrected chi connectivity index (χ3v) is 5.57. The third kappa shape index (κ3) is 3.13. The summed E-state index contributed by atoms with van der Waals surface area (Å²) in [6, 6.07) is 5.73. The van der Waals surface area contributed by atoms with Gasteiger partial charge in [-0.05, 0) is 31.7 Å². The fourth-order valence-corrected chi connectivity index (χ4v) is 4.21. The van der Waals surface area contributed by atoms with E-state index in [-0.39, 0.29) is 23.7 Å². The molecule has 4 rings (SSSR count). The second kappa shape index (κ2) is 6.86. The van der Waals surface area contributed by atoms with Crippen molar-refractivity contribution in [2.75, 3.05) is 18.4 Å². The van der Waals surface area contributed by atoms with E-state index in [1.54, 1.807) is 6.20 Å². The van der Waals surface area contributed by atoms with Crippen LogP contribution in [0.15, 0.2) is 24.4 Å². The summed E-state index contributed by atoms with van der Waals surface area (Å²) < 4.78 is 0. The maximum Gasteiger partial charge on any atom is 0.228 e. The van der Waals surface area contributed by atoms with Gasteiger partial charge in [-0.15, -0.1) is 0 Å². The summed E-state index contributed by atoms with van der Waals surface area (Å²) >= 11 is 0. The lowest BCUT2D eigenvalue weighted by atomic mass is 9.77. The van der Waals surface area contributed by atoms with Gasteiger partial charge in [0.1, 0.15) is 0 Å². The molecule has 2 fully saturated rings. The Morgan fingerprint density at radius 3 is 2.64 bits per heavy atom. The lowest BCUT2D eigenvalue weighted by Crippen LogP contribution is -2.42. The number of fused-ring (bicyclic) bond motifs is 1. The molecule has 0 unspecified atom stereocenters. The number of carbonyl (C=O) groups is 2. The summed E-state index contributed by atoms with van der Waals surface area (Å²) in [6.45, 7) is 1.69. The molecule has 25 heavy (non-hydrogen) atoms. The van der Waals surface area contributed by atoms with Gasteiger partial charge in [0.05, 0.1) is 17.4 Å². The van der Waals surface area contributed by atoms with E-state index in [4.69, 9.17) is 0 Å². The zero-order valence-electron chi connectivity index (χ0n) is 14.3. The number of aromatic nitrogens is 2. The van der Waals surface area contributed by atoms with Gasteiger partial charge in [0.2, 0.25) is 11.8 Å². The standard InChI is InChI=1S/C19H24N4O2/c24-18(21-16-9-5-6-13-12-20-22-17(13)16)14-7-1-2-8-15(14)19(25)23-10-3-4-11-23/h5-6,9,12,14-15H,1-4,7-8,10-11H2,(H,20,22)(H,21,24)/t14-,15-/m0/s1. The highest BCUT2D eigenvalue weighted by Crippen LogP contribution is 2.34. The van der Waals surface area contributed by atoms with E-state index in [1.165, 1.54) is 0 Å². The Balaban J connectivity index is 1.52. The highest BCUT2D eigenvalue weighted by Gasteiger charge is 2.38. The van der Waals surface area contributed by atoms with Crippen LogP contribution in [0.3, 0.4) is 0 Å². The molecule has 1 saturated carbocycles. The number of likely N-dealkylation sites (tertiary alicyclic amines) is 1. The molecule has 1 aliphatic heterocycles. The Hall–Kier alpha value is -2.37. The van der Waals surface area contributed by atoms with Crippen molar-refractivity contribution in [3.63, 3.8) is 0 Å². The summed E-state index contributed by atoms with van der Waals surface area (Å²) in [4.78, 5) is 27.8. The monoisotopic (exact) mass is 340 g/mol. The third-order valence-electron chi connectivity index (χ3n) is 5.57. The van der Waals surface area contributed by atoms with Crippen molar-refractivity contribution in [3.05, 3.63) is 24.4 Å². The first-order chi connectivity index (χ1) is 12.2. The smallest absolute Gasteiger partial charge is 0.228 e. The van der Waals surface area contributed by atoms with E-state index in [1.807, 2.05) is 23.1 Å². The second-order valence-corrected chi connectivity index (χ2v) is 7.16. The normalized spacial score (nSPS) is 23.8. The number of benzene rings is 1. The molecule has 0 spiro atoms. The van der Waals surface area contributed by atoms with Crippen molar-refractivity contribution in [3.8, 4) is 0 Å². The van der Waals surface area contributed by atoms with Crippen molar-refractivity contribution in [1.82, 2.24) is 15.1 Å². The molecule has 1 aromatic carbocycles. The molecule has 1 aliphatic carbocycles. The van der Waals surface area contributed by atoms with Gasteiger partial charge in [-0.25, -0.2) is 0 Å². The van der Waals surface area contributed by atoms with Gasteiger partial charge in [-0.2, -0.15) is 5.10 Å². The fourth-order valence-electron chi connectivity index (χ4n) is 4.21. The van der Waals surface area contributed by atoms with Crippen LogP contribution < -0.4 is 5.32 Å². The van der Waals surface area contributed by atoms with Crippen LogP contribution in [0.25, 0.3) is 10.9 Å². The average Bonchev–Trinajstić information content (AvgIpc) is 3.33. The predicted octanol–water partition coefficient (Wildman–Crippen LogP) is 2.93. The van der Waals surface area contributed by atoms with Crippen LogP contribution in [0.1, 0.15) is 38.5 Å². The first kappa shape index (κ1) is 16.1. The van der Waals surface area contributed by atoms with Gasteiger partial charge in [0.15, 0.2) is 0 Å². The fraction of sp³-hybridized carbons (Fsp3) is 0.526. The van der Waals surface area contributed by atoms with E-state index in [0.29, 0.717) is 0 Å². The van der Waals surface area contributed by atoms with E-state index >= 15 is 0 Å². The largest absolute Gasteiger partial charge is 0.342 e. The van der Waals surface area contributed by atoms with Crippen LogP contribution in [-0.4, -0.2) is 40.0 Å². The summed E-state index contributed by atoms with van der Waals surface area (Å²) in [7, 11) is 0. The Morgan fingerprint density at radius 2 is 1.84 bits per heavy atom. The number of rotatable bonds is 3. The Morgan fingerprint density at radius 1 is 1.08 bits per heavy atom. The Kier molecular flexibility index (Phi) is 4.42. The molecule has 2 atom stereocenters. The number of para-hydroxylation sites is 1. The number of carbonyl (C=O) groups excluding carboxylic acids is 2. The maximum absolute atomic E-state index is 12.9. The number of nitrogens with one attached hydrogen (secondary N) is 2. The van der Waals surface area contributed by atoms with E-state index in [9.17, 15) is 9.59 Å². The van der Waals surface area contributed by atoms with Gasteiger partial charge in [-0.1, -0.05) is 25.0 Å². The first-order valence-electron chi connectivity index (χ1n) is 9.26. The van der Waals surface area contributed by atoms with E-state index in [0.717, 1.165) is 68.2 Å². The van der Waals surface area contributed by atoms with Crippen LogP contribution in [0, 0.1) is 11.8 Å². The van der Waals surface area contributed by atoms with Gasteiger partial charge < -0.3 is 10.2 Å². The number of hydrogen-bond donors (Lipinski definition) is 2. The molecular weight excluding hydrogens is 316 g/mol. The number of aromatic amines is 1. The minimum Gasteiger partial charge on any atom is -0.342 e. The predicted molar refractivity (Wildman–Crippen MR) is 96.0 cm³/mol. The Labute approximate surface area is 147 Å². The summed E-state index contributed by atoms with van der Waals surface area (Å²) in [5.41, 5.74) is 1.56. The minimum absolute atomic E-state index is 0.0423. The molecule has 2 heterocycles. The number of hydrogen-bond acceptors (Lipinski definition) is 3. The Bertz CT molecular complexity index is 779. The summed E-state index contributed by atoms with van der Waals surface area (Å²) in [5, 5.41) is 11.0. The molecule has 2 N–H and O–H groups in total. The van der Waals surface area contributed by atoms with Gasteiger partial charge in [0.25, 0.3) is 0 Å². The van der Waals surface area contributed by atoms with E-state index < -0.39 is 0 Å². The summed E-state index contributed by atoms with van der Waals surface area (Å²) in [5.74, 6) is -0.274. The SMILES string of the molecule is O=C(Nc1cccc2cn[nH]c12)[C@H]1CCCC[C@@H]1C(=O)N1CCCC1. The molecule has 1 saturated heterocycles. The van der Waals surface area contributed by atoms with Gasteiger partial charge in [0, 0.05) is 30.3 Å². The topological polar surface area (TPSA) is 78.1 Å². The van der Waals surface area contributed by atoms with Crippen LogP contribution in [0.2, 0.25) is 0 Å². The molecule has 2 aromatic rings. The van der Waals surface area contributed by atoms with Gasteiger partial charge >= 0.3 is 0 Å². The molecule has 0 radical (unpaired) electrons. The van der Waals surface area contributed by atoms with Crippen LogP contribution in [0.5, 0.6) is 0 Å². The molecule has 2 aliphatic rings. The van der Waals surface area contributed by atoms with Crippen molar-refractivity contribution in [2.24, 2.45) is 11.8 Å². The van der Waals surface area contributed by atoms with Crippen molar-refractivity contribution in [2.45, 2.75) is 38.5 Å².